The molecule has 1 aliphatic rings. The van der Waals surface area contributed by atoms with Gasteiger partial charge in [0.05, 0.1) is 5.92 Å². The fraction of sp³-hybridized carbons (Fsp3) is 0.438. The van der Waals surface area contributed by atoms with Crippen LogP contribution in [0.25, 0.3) is 10.1 Å². The first-order valence-corrected chi connectivity index (χ1v) is 9.79. The molecule has 0 saturated carbocycles. The number of rotatable bonds is 3. The van der Waals surface area contributed by atoms with Gasteiger partial charge >= 0.3 is 5.97 Å². The summed E-state index contributed by atoms with van der Waals surface area (Å²) in [6.07, 6.45) is 0.740. The molecule has 7 heteroatoms. The summed E-state index contributed by atoms with van der Waals surface area (Å²) in [5, 5.41) is 9.83. The molecule has 0 aliphatic carbocycles. The second-order valence-corrected chi connectivity index (χ2v) is 9.06. The fourth-order valence-electron chi connectivity index (χ4n) is 3.15. The van der Waals surface area contributed by atoms with Gasteiger partial charge in [0.25, 0.3) is 0 Å². The Labute approximate surface area is 139 Å². The minimum atomic E-state index is -3.59. The number of hydrogen-bond acceptors (Lipinski definition) is 4. The summed E-state index contributed by atoms with van der Waals surface area (Å²) in [7, 11) is -3.59. The Kier molecular flexibility index (Phi) is 4.20. The van der Waals surface area contributed by atoms with E-state index in [1.165, 1.54) is 15.6 Å². The lowest BCUT2D eigenvalue weighted by molar-refractivity contribution is -0.142. The Morgan fingerprint density at radius 3 is 2.52 bits per heavy atom. The van der Waals surface area contributed by atoms with Gasteiger partial charge in [0.2, 0.25) is 10.0 Å². The molecule has 0 atom stereocenters. The summed E-state index contributed by atoms with van der Waals surface area (Å²) in [6, 6.07) is 5.70. The van der Waals surface area contributed by atoms with Crippen molar-refractivity contribution in [3.8, 4) is 0 Å². The molecular formula is C16H19NO4S2. The predicted molar refractivity (Wildman–Crippen MR) is 90.4 cm³/mol. The van der Waals surface area contributed by atoms with Crippen LogP contribution in [-0.2, 0) is 14.8 Å². The van der Waals surface area contributed by atoms with Crippen LogP contribution in [0.1, 0.15) is 23.3 Å². The van der Waals surface area contributed by atoms with Crippen LogP contribution < -0.4 is 0 Å². The first-order chi connectivity index (χ1) is 10.8. The SMILES string of the molecule is Cc1sc2c(C)cccc2c1S(=O)(=O)N1CCC(C(=O)O)CC1. The highest BCUT2D eigenvalue weighted by Gasteiger charge is 2.34. The molecule has 1 fully saturated rings. The maximum atomic E-state index is 13.1. The zero-order valence-electron chi connectivity index (χ0n) is 13.1. The monoisotopic (exact) mass is 353 g/mol. The predicted octanol–water partition coefficient (Wildman–Crippen LogP) is 3.00. The number of aliphatic carboxylic acids is 1. The van der Waals surface area contributed by atoms with Crippen molar-refractivity contribution >= 4 is 37.4 Å². The average Bonchev–Trinajstić information content (AvgIpc) is 2.85. The summed E-state index contributed by atoms with van der Waals surface area (Å²) in [5.74, 6) is -1.28. The standard InChI is InChI=1S/C16H19NO4S2/c1-10-4-3-5-13-14(10)22-11(2)15(13)23(20,21)17-8-6-12(7-9-17)16(18)19/h3-5,12H,6-9H2,1-2H3,(H,18,19). The number of fused-ring (bicyclic) bond motifs is 1. The fourth-order valence-corrected chi connectivity index (χ4v) is 6.43. The highest BCUT2D eigenvalue weighted by atomic mass is 32.2. The first-order valence-electron chi connectivity index (χ1n) is 7.54. The topological polar surface area (TPSA) is 74.7 Å². The van der Waals surface area contributed by atoms with Crippen molar-refractivity contribution < 1.29 is 18.3 Å². The minimum absolute atomic E-state index is 0.266. The largest absolute Gasteiger partial charge is 0.481 e. The lowest BCUT2D eigenvalue weighted by Crippen LogP contribution is -2.40. The van der Waals surface area contributed by atoms with E-state index in [1.807, 2.05) is 32.0 Å². The summed E-state index contributed by atoms with van der Waals surface area (Å²) < 4.78 is 28.5. The molecule has 1 aliphatic heterocycles. The van der Waals surface area contributed by atoms with Gasteiger partial charge in [-0.1, -0.05) is 18.2 Å². The van der Waals surface area contributed by atoms with Crippen LogP contribution in [0.3, 0.4) is 0 Å². The van der Waals surface area contributed by atoms with Gasteiger partial charge in [-0.15, -0.1) is 11.3 Å². The maximum absolute atomic E-state index is 13.1. The number of aryl methyl sites for hydroxylation is 2. The van der Waals surface area contributed by atoms with Gasteiger partial charge in [0.1, 0.15) is 4.90 Å². The number of thiophene rings is 1. The van der Waals surface area contributed by atoms with E-state index in [9.17, 15) is 13.2 Å². The van der Waals surface area contributed by atoms with Gasteiger partial charge in [0.15, 0.2) is 0 Å². The molecule has 0 spiro atoms. The molecule has 5 nitrogen and oxygen atoms in total. The van der Waals surface area contributed by atoms with Crippen LogP contribution in [0.2, 0.25) is 0 Å². The molecule has 1 N–H and O–H groups in total. The summed E-state index contributed by atoms with van der Waals surface area (Å²) in [4.78, 5) is 12.2. The molecule has 3 rings (SSSR count). The third-order valence-corrected chi connectivity index (χ3v) is 7.90. The van der Waals surface area contributed by atoms with E-state index in [4.69, 9.17) is 5.11 Å². The quantitative estimate of drug-likeness (QED) is 0.920. The van der Waals surface area contributed by atoms with Gasteiger partial charge in [-0.2, -0.15) is 4.31 Å². The van der Waals surface area contributed by atoms with Crippen LogP contribution in [0.4, 0.5) is 0 Å². The van der Waals surface area contributed by atoms with E-state index in [-0.39, 0.29) is 13.1 Å². The third kappa shape index (κ3) is 2.77. The van der Waals surface area contributed by atoms with Crippen molar-refractivity contribution in [1.29, 1.82) is 0 Å². The normalized spacial score (nSPS) is 17.7. The summed E-state index contributed by atoms with van der Waals surface area (Å²) in [5.41, 5.74) is 1.07. The average molecular weight is 353 g/mol. The zero-order chi connectivity index (χ0) is 16.8. The molecule has 1 aromatic carbocycles. The van der Waals surface area contributed by atoms with E-state index in [0.29, 0.717) is 17.7 Å². The van der Waals surface area contributed by atoms with Crippen molar-refractivity contribution in [2.45, 2.75) is 31.6 Å². The molecule has 0 radical (unpaired) electrons. The molecule has 124 valence electrons. The molecule has 23 heavy (non-hydrogen) atoms. The van der Waals surface area contributed by atoms with E-state index in [2.05, 4.69) is 0 Å². The van der Waals surface area contributed by atoms with Gasteiger partial charge in [-0.25, -0.2) is 8.42 Å². The number of carboxylic acid groups (broad SMARTS) is 1. The van der Waals surface area contributed by atoms with E-state index in [1.54, 1.807) is 0 Å². The number of hydrogen-bond donors (Lipinski definition) is 1. The molecule has 2 aromatic rings. The number of piperidine rings is 1. The van der Waals surface area contributed by atoms with E-state index < -0.39 is 21.9 Å². The van der Waals surface area contributed by atoms with Crippen LogP contribution in [0.5, 0.6) is 0 Å². The van der Waals surface area contributed by atoms with Crippen LogP contribution in [0.15, 0.2) is 23.1 Å². The Morgan fingerprint density at radius 2 is 1.91 bits per heavy atom. The lowest BCUT2D eigenvalue weighted by Gasteiger charge is -2.29. The molecule has 0 amide bonds. The summed E-state index contributed by atoms with van der Waals surface area (Å²) in [6.45, 7) is 4.35. The molecule has 0 unspecified atom stereocenters. The van der Waals surface area contributed by atoms with Crippen molar-refractivity contribution in [3.05, 3.63) is 28.6 Å². The van der Waals surface area contributed by atoms with Gasteiger partial charge < -0.3 is 5.11 Å². The molecule has 0 bridgehead atoms. The highest BCUT2D eigenvalue weighted by Crippen LogP contribution is 2.38. The number of carbonyl (C=O) groups is 1. The Morgan fingerprint density at radius 1 is 1.26 bits per heavy atom. The smallest absolute Gasteiger partial charge is 0.306 e. The number of benzene rings is 1. The van der Waals surface area contributed by atoms with Crippen LogP contribution in [0, 0.1) is 19.8 Å². The second kappa shape index (κ2) is 5.89. The van der Waals surface area contributed by atoms with E-state index >= 15 is 0 Å². The van der Waals surface area contributed by atoms with E-state index in [0.717, 1.165) is 20.5 Å². The van der Waals surface area contributed by atoms with Crippen molar-refractivity contribution in [1.82, 2.24) is 4.31 Å². The van der Waals surface area contributed by atoms with Crippen molar-refractivity contribution in [3.63, 3.8) is 0 Å². The van der Waals surface area contributed by atoms with Gasteiger partial charge in [-0.3, -0.25) is 4.79 Å². The number of carboxylic acids is 1. The molecule has 2 heterocycles. The highest BCUT2D eigenvalue weighted by molar-refractivity contribution is 7.89. The number of nitrogens with zero attached hydrogens (tertiary/aromatic N) is 1. The van der Waals surface area contributed by atoms with Gasteiger partial charge in [-0.05, 0) is 32.3 Å². The van der Waals surface area contributed by atoms with Gasteiger partial charge in [0, 0.05) is 28.1 Å². The minimum Gasteiger partial charge on any atom is -0.481 e. The molecule has 1 saturated heterocycles. The summed E-state index contributed by atoms with van der Waals surface area (Å²) >= 11 is 1.50. The molecular weight excluding hydrogens is 334 g/mol. The Bertz CT molecular complexity index is 862. The Hall–Kier alpha value is -1.44. The van der Waals surface area contributed by atoms with Crippen LogP contribution >= 0.6 is 11.3 Å². The molecule has 1 aromatic heterocycles. The Balaban J connectivity index is 2.00. The zero-order valence-corrected chi connectivity index (χ0v) is 14.7. The van der Waals surface area contributed by atoms with Crippen molar-refractivity contribution in [2.75, 3.05) is 13.1 Å². The first kappa shape index (κ1) is 16.4. The number of sulfonamides is 1. The third-order valence-electron chi connectivity index (χ3n) is 4.43. The second-order valence-electron chi connectivity index (χ2n) is 5.96. The lowest BCUT2D eigenvalue weighted by atomic mass is 9.99. The van der Waals surface area contributed by atoms with Crippen LogP contribution in [-0.4, -0.2) is 36.9 Å². The van der Waals surface area contributed by atoms with Crippen molar-refractivity contribution in [2.24, 2.45) is 5.92 Å². The maximum Gasteiger partial charge on any atom is 0.306 e.